The quantitative estimate of drug-likeness (QED) is 0.352. The summed E-state index contributed by atoms with van der Waals surface area (Å²) in [5.74, 6) is 2.13. The number of hydrogen-bond donors (Lipinski definition) is 2. The molecule has 2 heterocycles. The topological polar surface area (TPSA) is 113 Å². The second kappa shape index (κ2) is 10.2. The first-order valence-corrected chi connectivity index (χ1v) is 11.7. The summed E-state index contributed by atoms with van der Waals surface area (Å²) >= 11 is -2.27. The Morgan fingerprint density at radius 3 is 2.29 bits per heavy atom. The third-order valence-electron chi connectivity index (χ3n) is 5.46. The second-order valence-electron chi connectivity index (χ2n) is 7.77. The van der Waals surface area contributed by atoms with Gasteiger partial charge in [0.2, 0.25) is 0 Å². The van der Waals surface area contributed by atoms with Crippen molar-refractivity contribution in [2.45, 2.75) is 26.9 Å². The Kier molecular flexibility index (Phi) is 7.11. The van der Waals surface area contributed by atoms with Gasteiger partial charge < -0.3 is 19.3 Å². The maximum absolute atomic E-state index is 10.7. The molecule has 0 bridgehead atoms. The van der Waals surface area contributed by atoms with Gasteiger partial charge in [0, 0.05) is 41.7 Å². The van der Waals surface area contributed by atoms with Crippen LogP contribution in [0.1, 0.15) is 22.5 Å². The summed E-state index contributed by atoms with van der Waals surface area (Å²) in [6.45, 7) is 4.75. The van der Waals surface area contributed by atoms with Gasteiger partial charge in [-0.3, -0.25) is 4.21 Å². The normalized spacial score (nSPS) is 12.0. The van der Waals surface area contributed by atoms with Gasteiger partial charge in [0.1, 0.15) is 5.82 Å². The number of fused-ring (bicyclic) bond motifs is 1. The van der Waals surface area contributed by atoms with Crippen LogP contribution in [0.2, 0.25) is 0 Å². The van der Waals surface area contributed by atoms with E-state index >= 15 is 0 Å². The molecule has 4 aromatic rings. The van der Waals surface area contributed by atoms with Gasteiger partial charge in [-0.15, -0.1) is 0 Å². The predicted octanol–water partition coefficient (Wildman–Crippen LogP) is 3.53. The molecule has 0 aliphatic rings. The van der Waals surface area contributed by atoms with Gasteiger partial charge in [-0.2, -0.15) is 9.61 Å². The molecule has 10 heteroatoms. The lowest BCUT2D eigenvalue weighted by molar-refractivity contribution is 0.355. The highest BCUT2D eigenvalue weighted by Gasteiger charge is 2.18. The van der Waals surface area contributed by atoms with Crippen molar-refractivity contribution in [3.05, 3.63) is 71.0 Å². The average molecular weight is 481 g/mol. The van der Waals surface area contributed by atoms with Crippen molar-refractivity contribution in [3.8, 4) is 22.6 Å². The van der Waals surface area contributed by atoms with Crippen LogP contribution in [0.15, 0.2) is 48.5 Å². The summed E-state index contributed by atoms with van der Waals surface area (Å²) in [5.41, 5.74) is 6.28. The van der Waals surface area contributed by atoms with Gasteiger partial charge >= 0.3 is 0 Å². The molecule has 0 saturated heterocycles. The number of aromatic nitrogens is 3. The van der Waals surface area contributed by atoms with Crippen LogP contribution in [-0.4, -0.2) is 37.6 Å². The van der Waals surface area contributed by atoms with E-state index in [9.17, 15) is 8.76 Å². The van der Waals surface area contributed by atoms with Gasteiger partial charge in [-0.25, -0.2) is 9.71 Å². The minimum Gasteiger partial charge on any atom is -0.760 e. The van der Waals surface area contributed by atoms with Crippen LogP contribution in [0, 0.1) is 13.8 Å². The Morgan fingerprint density at radius 2 is 1.65 bits per heavy atom. The molecule has 2 N–H and O–H groups in total. The van der Waals surface area contributed by atoms with Crippen molar-refractivity contribution in [2.24, 2.45) is 0 Å². The molecule has 0 radical (unpaired) electrons. The lowest BCUT2D eigenvalue weighted by Crippen LogP contribution is -2.15. The molecule has 2 aromatic heterocycles. The lowest BCUT2D eigenvalue weighted by Gasteiger charge is -2.12. The Morgan fingerprint density at radius 1 is 0.971 bits per heavy atom. The fourth-order valence-corrected chi connectivity index (χ4v) is 4.09. The summed E-state index contributed by atoms with van der Waals surface area (Å²) in [7, 11) is 3.23. The van der Waals surface area contributed by atoms with E-state index < -0.39 is 11.3 Å². The number of hydrogen-bond acceptors (Lipinski definition) is 7. The summed E-state index contributed by atoms with van der Waals surface area (Å²) in [6, 6.07) is 15.5. The van der Waals surface area contributed by atoms with E-state index in [0.717, 1.165) is 45.1 Å². The minimum atomic E-state index is -2.27. The standard InChI is InChI=1S/C24H27N5O4S/c1-15-11-22(25-13-17-5-7-18(8-6-17)14-26-34(30)31)29-24(27-15)23(16(2)28-29)19-9-10-20(32-3)21(12-19)33-4/h5-12,25-26H,13-14H2,1-4H3,(H,30,31)/p-1. The van der Waals surface area contributed by atoms with E-state index in [1.165, 1.54) is 0 Å². The van der Waals surface area contributed by atoms with Crippen LogP contribution in [0.25, 0.3) is 16.8 Å². The molecule has 1 atom stereocenters. The van der Waals surface area contributed by atoms with E-state index in [-0.39, 0.29) is 6.54 Å². The monoisotopic (exact) mass is 480 g/mol. The molecule has 2 aromatic carbocycles. The van der Waals surface area contributed by atoms with Gasteiger partial charge in [0.25, 0.3) is 0 Å². The Bertz CT molecular complexity index is 1340. The highest BCUT2D eigenvalue weighted by molar-refractivity contribution is 7.77. The molecule has 0 aliphatic carbocycles. The van der Waals surface area contributed by atoms with Crippen LogP contribution in [-0.2, 0) is 24.4 Å². The zero-order valence-electron chi connectivity index (χ0n) is 19.4. The first-order chi connectivity index (χ1) is 16.4. The Labute approximate surface area is 200 Å². The van der Waals surface area contributed by atoms with Crippen molar-refractivity contribution < 1.29 is 18.2 Å². The molecule has 34 heavy (non-hydrogen) atoms. The molecule has 0 amide bonds. The maximum Gasteiger partial charge on any atom is 0.165 e. The van der Waals surface area contributed by atoms with Crippen LogP contribution in [0.5, 0.6) is 11.5 Å². The van der Waals surface area contributed by atoms with Crippen LogP contribution in [0.3, 0.4) is 0 Å². The lowest BCUT2D eigenvalue weighted by atomic mass is 10.1. The number of rotatable bonds is 9. The van der Waals surface area contributed by atoms with Gasteiger partial charge in [-0.05, 0) is 42.7 Å². The zero-order valence-corrected chi connectivity index (χ0v) is 20.2. The number of benzene rings is 2. The van der Waals surface area contributed by atoms with E-state index in [2.05, 4.69) is 10.0 Å². The first kappa shape index (κ1) is 23.7. The molecular formula is C24H26N5O4S-. The third kappa shape index (κ3) is 5.04. The minimum absolute atomic E-state index is 0.263. The van der Waals surface area contributed by atoms with Crippen molar-refractivity contribution in [3.63, 3.8) is 0 Å². The molecule has 0 fully saturated rings. The number of nitrogens with zero attached hydrogens (tertiary/aromatic N) is 3. The Balaban J connectivity index is 1.62. The molecule has 178 valence electrons. The summed E-state index contributed by atoms with van der Waals surface area (Å²) in [6.07, 6.45) is 0. The van der Waals surface area contributed by atoms with E-state index in [0.29, 0.717) is 18.0 Å². The number of ether oxygens (including phenoxy) is 2. The second-order valence-corrected chi connectivity index (χ2v) is 8.53. The molecule has 0 aliphatic heterocycles. The summed E-state index contributed by atoms with van der Waals surface area (Å²) in [5, 5.41) is 8.20. The summed E-state index contributed by atoms with van der Waals surface area (Å²) in [4.78, 5) is 4.76. The smallest absolute Gasteiger partial charge is 0.165 e. The van der Waals surface area contributed by atoms with Gasteiger partial charge in [0.15, 0.2) is 17.1 Å². The SMILES string of the molecule is COc1ccc(-c2c(C)nn3c(NCc4ccc(CNS(=O)[O-])cc4)cc(C)nc23)cc1OC. The largest absolute Gasteiger partial charge is 0.760 e. The van der Waals surface area contributed by atoms with Crippen LogP contribution >= 0.6 is 0 Å². The van der Waals surface area contributed by atoms with Crippen molar-refractivity contribution in [1.29, 1.82) is 0 Å². The molecule has 0 saturated carbocycles. The molecular weight excluding hydrogens is 454 g/mol. The average Bonchev–Trinajstić information content (AvgIpc) is 3.16. The number of methoxy groups -OCH3 is 2. The third-order valence-corrected chi connectivity index (χ3v) is 5.84. The molecule has 1 unspecified atom stereocenters. The highest BCUT2D eigenvalue weighted by Crippen LogP contribution is 2.35. The summed E-state index contributed by atoms with van der Waals surface area (Å²) < 4.78 is 36.4. The van der Waals surface area contributed by atoms with Gasteiger partial charge in [-0.1, -0.05) is 30.3 Å². The maximum atomic E-state index is 10.7. The zero-order chi connectivity index (χ0) is 24.2. The number of anilines is 1. The van der Waals surface area contributed by atoms with Gasteiger partial charge in [0.05, 0.1) is 19.9 Å². The van der Waals surface area contributed by atoms with Crippen LogP contribution < -0.4 is 19.5 Å². The van der Waals surface area contributed by atoms with Crippen molar-refractivity contribution in [1.82, 2.24) is 19.3 Å². The van der Waals surface area contributed by atoms with E-state index in [1.54, 1.807) is 14.2 Å². The highest BCUT2D eigenvalue weighted by atomic mass is 32.2. The van der Waals surface area contributed by atoms with E-state index in [1.807, 2.05) is 66.9 Å². The fraction of sp³-hybridized carbons (Fsp3) is 0.250. The predicted molar refractivity (Wildman–Crippen MR) is 131 cm³/mol. The fourth-order valence-electron chi connectivity index (χ4n) is 3.81. The van der Waals surface area contributed by atoms with E-state index in [4.69, 9.17) is 19.6 Å². The van der Waals surface area contributed by atoms with Crippen LogP contribution in [0.4, 0.5) is 5.82 Å². The van der Waals surface area contributed by atoms with Crippen molar-refractivity contribution in [2.75, 3.05) is 19.5 Å². The Hall–Kier alpha value is -3.47. The molecule has 9 nitrogen and oxygen atoms in total. The number of nitrogens with one attached hydrogen (secondary N) is 2. The molecule has 4 rings (SSSR count). The first-order valence-electron chi connectivity index (χ1n) is 10.6. The molecule has 0 spiro atoms. The van der Waals surface area contributed by atoms with Crippen molar-refractivity contribution >= 4 is 22.7 Å². The number of aryl methyl sites for hydroxylation is 2.